The molecular formula is C13H14Br2N4O2. The van der Waals surface area contributed by atoms with E-state index in [1.165, 1.54) is 6.33 Å². The minimum Gasteiger partial charge on any atom is -0.483 e. The lowest BCUT2D eigenvalue weighted by Crippen LogP contribution is -2.30. The number of ether oxygens (including phenoxy) is 1. The highest BCUT2D eigenvalue weighted by atomic mass is 79.9. The zero-order valence-electron chi connectivity index (χ0n) is 11.1. The average molecular weight is 418 g/mol. The summed E-state index contributed by atoms with van der Waals surface area (Å²) in [6.07, 6.45) is 3.01. The Hall–Kier alpha value is -1.41. The Morgan fingerprint density at radius 1 is 1.38 bits per heavy atom. The molecule has 2 N–H and O–H groups in total. The minimum absolute atomic E-state index is 0.0114. The molecular weight excluding hydrogens is 404 g/mol. The lowest BCUT2D eigenvalue weighted by atomic mass is 10.3. The first-order chi connectivity index (χ1) is 10.1. The summed E-state index contributed by atoms with van der Waals surface area (Å²) in [6, 6.07) is 5.52. The van der Waals surface area contributed by atoms with Crippen LogP contribution in [-0.4, -0.2) is 34.2 Å². The summed E-state index contributed by atoms with van der Waals surface area (Å²) in [4.78, 5) is 15.7. The number of H-pyrrole nitrogens is 1. The quantitative estimate of drug-likeness (QED) is 0.678. The number of halogens is 2. The van der Waals surface area contributed by atoms with Crippen molar-refractivity contribution in [1.29, 1.82) is 0 Å². The molecule has 0 spiro atoms. The Kier molecular flexibility index (Phi) is 6.19. The van der Waals surface area contributed by atoms with E-state index in [-0.39, 0.29) is 12.5 Å². The molecule has 0 unspecified atom stereocenters. The molecule has 0 aliphatic heterocycles. The number of rotatable bonds is 7. The number of carbonyl (C=O) groups is 1. The van der Waals surface area contributed by atoms with Crippen LogP contribution >= 0.6 is 31.9 Å². The predicted octanol–water partition coefficient (Wildman–Crippen LogP) is 2.46. The molecule has 21 heavy (non-hydrogen) atoms. The van der Waals surface area contributed by atoms with Crippen LogP contribution in [0.3, 0.4) is 0 Å². The normalized spacial score (nSPS) is 10.4. The molecule has 112 valence electrons. The Morgan fingerprint density at radius 2 is 2.24 bits per heavy atom. The van der Waals surface area contributed by atoms with Crippen LogP contribution in [0.2, 0.25) is 0 Å². The topological polar surface area (TPSA) is 79.9 Å². The Morgan fingerprint density at radius 3 is 2.95 bits per heavy atom. The van der Waals surface area contributed by atoms with Gasteiger partial charge in [0.15, 0.2) is 6.61 Å². The molecule has 0 aliphatic carbocycles. The summed E-state index contributed by atoms with van der Waals surface area (Å²) in [6.45, 7) is 0.562. The van der Waals surface area contributed by atoms with Gasteiger partial charge in [0.2, 0.25) is 0 Å². The summed E-state index contributed by atoms with van der Waals surface area (Å²) in [7, 11) is 0. The van der Waals surface area contributed by atoms with Gasteiger partial charge in [-0.1, -0.05) is 15.9 Å². The number of carbonyl (C=O) groups excluding carboxylic acids is 1. The van der Waals surface area contributed by atoms with Gasteiger partial charge in [-0.15, -0.1) is 0 Å². The van der Waals surface area contributed by atoms with Crippen LogP contribution < -0.4 is 10.1 Å². The Balaban J connectivity index is 1.65. The van der Waals surface area contributed by atoms with E-state index in [1.54, 1.807) is 6.07 Å². The molecule has 8 heteroatoms. The largest absolute Gasteiger partial charge is 0.483 e. The zero-order valence-corrected chi connectivity index (χ0v) is 14.3. The van der Waals surface area contributed by atoms with E-state index in [0.29, 0.717) is 12.3 Å². The second kappa shape index (κ2) is 8.14. The van der Waals surface area contributed by atoms with E-state index in [2.05, 4.69) is 52.4 Å². The maximum absolute atomic E-state index is 11.7. The summed E-state index contributed by atoms with van der Waals surface area (Å²) < 4.78 is 7.19. The standard InChI is InChI=1S/C13H14Br2N4O2/c14-9-3-4-11(10(15)6-9)21-7-13(20)16-5-1-2-12-17-8-18-19-12/h3-4,6,8H,1-2,5,7H2,(H,16,20)(H,17,18,19). The van der Waals surface area contributed by atoms with Crippen molar-refractivity contribution >= 4 is 37.8 Å². The van der Waals surface area contributed by atoms with Gasteiger partial charge in [0.1, 0.15) is 17.9 Å². The molecule has 6 nitrogen and oxygen atoms in total. The van der Waals surface area contributed by atoms with E-state index >= 15 is 0 Å². The fourth-order valence-electron chi connectivity index (χ4n) is 1.62. The lowest BCUT2D eigenvalue weighted by Gasteiger charge is -2.09. The monoisotopic (exact) mass is 416 g/mol. The number of aryl methyl sites for hydroxylation is 1. The maximum atomic E-state index is 11.7. The van der Waals surface area contributed by atoms with Crippen molar-refractivity contribution in [2.45, 2.75) is 12.8 Å². The molecule has 1 amide bonds. The van der Waals surface area contributed by atoms with Gasteiger partial charge in [-0.2, -0.15) is 5.10 Å². The highest BCUT2D eigenvalue weighted by molar-refractivity contribution is 9.11. The summed E-state index contributed by atoms with van der Waals surface area (Å²) >= 11 is 6.74. The van der Waals surface area contributed by atoms with Crippen molar-refractivity contribution in [2.24, 2.45) is 0 Å². The molecule has 0 radical (unpaired) electrons. The van der Waals surface area contributed by atoms with Gasteiger partial charge in [0, 0.05) is 17.4 Å². The number of hydrogen-bond acceptors (Lipinski definition) is 4. The van der Waals surface area contributed by atoms with Crippen molar-refractivity contribution in [3.63, 3.8) is 0 Å². The minimum atomic E-state index is -0.151. The van der Waals surface area contributed by atoms with Gasteiger partial charge in [-0.25, -0.2) is 4.98 Å². The van der Waals surface area contributed by atoms with Gasteiger partial charge in [-0.3, -0.25) is 9.89 Å². The third-order valence-electron chi connectivity index (χ3n) is 2.63. The second-order valence-corrected chi connectivity index (χ2v) is 6.02. The SMILES string of the molecule is O=C(COc1ccc(Br)cc1Br)NCCCc1ncn[nH]1. The molecule has 1 aromatic carbocycles. The third kappa shape index (κ3) is 5.47. The molecule has 0 atom stereocenters. The van der Waals surface area contributed by atoms with Crippen molar-refractivity contribution in [3.8, 4) is 5.75 Å². The lowest BCUT2D eigenvalue weighted by molar-refractivity contribution is -0.123. The van der Waals surface area contributed by atoms with Crippen molar-refractivity contribution < 1.29 is 9.53 Å². The number of hydrogen-bond donors (Lipinski definition) is 2. The van der Waals surface area contributed by atoms with E-state index in [9.17, 15) is 4.79 Å². The highest BCUT2D eigenvalue weighted by Gasteiger charge is 2.06. The first-order valence-electron chi connectivity index (χ1n) is 6.34. The van der Waals surface area contributed by atoms with Crippen LogP contribution in [0, 0.1) is 0 Å². The fraction of sp³-hybridized carbons (Fsp3) is 0.308. The van der Waals surface area contributed by atoms with Crippen molar-refractivity contribution in [2.75, 3.05) is 13.2 Å². The molecule has 2 rings (SSSR count). The van der Waals surface area contributed by atoms with Gasteiger partial charge < -0.3 is 10.1 Å². The fourth-order valence-corrected chi connectivity index (χ4v) is 2.78. The number of nitrogens with zero attached hydrogens (tertiary/aromatic N) is 2. The highest BCUT2D eigenvalue weighted by Crippen LogP contribution is 2.27. The van der Waals surface area contributed by atoms with Crippen LogP contribution in [0.5, 0.6) is 5.75 Å². The van der Waals surface area contributed by atoms with Crippen LogP contribution in [0.25, 0.3) is 0 Å². The summed E-state index contributed by atoms with van der Waals surface area (Å²) in [5, 5.41) is 9.33. The van der Waals surface area contributed by atoms with E-state index in [0.717, 1.165) is 27.6 Å². The van der Waals surface area contributed by atoms with Crippen LogP contribution in [0.15, 0.2) is 33.5 Å². The number of benzene rings is 1. The first kappa shape index (κ1) is 16.0. The molecule has 0 fully saturated rings. The maximum Gasteiger partial charge on any atom is 0.257 e. The molecule has 0 aliphatic rings. The number of aromatic amines is 1. The molecule has 1 aromatic heterocycles. The van der Waals surface area contributed by atoms with Gasteiger partial charge in [0.25, 0.3) is 5.91 Å². The first-order valence-corrected chi connectivity index (χ1v) is 7.92. The third-order valence-corrected chi connectivity index (χ3v) is 3.74. The predicted molar refractivity (Wildman–Crippen MR) is 85.1 cm³/mol. The molecule has 1 heterocycles. The van der Waals surface area contributed by atoms with Gasteiger partial charge in [0.05, 0.1) is 4.47 Å². The summed E-state index contributed by atoms with van der Waals surface area (Å²) in [5.41, 5.74) is 0. The Bertz CT molecular complexity index is 590. The van der Waals surface area contributed by atoms with E-state index in [1.807, 2.05) is 12.1 Å². The van der Waals surface area contributed by atoms with E-state index in [4.69, 9.17) is 4.74 Å². The number of amides is 1. The second-order valence-electron chi connectivity index (χ2n) is 4.25. The Labute approximate surface area is 138 Å². The smallest absolute Gasteiger partial charge is 0.257 e. The number of aromatic nitrogens is 3. The van der Waals surface area contributed by atoms with Crippen LogP contribution in [0.4, 0.5) is 0 Å². The molecule has 0 bridgehead atoms. The van der Waals surface area contributed by atoms with Gasteiger partial charge >= 0.3 is 0 Å². The van der Waals surface area contributed by atoms with E-state index < -0.39 is 0 Å². The zero-order chi connectivity index (χ0) is 15.1. The van der Waals surface area contributed by atoms with Crippen LogP contribution in [0.1, 0.15) is 12.2 Å². The van der Waals surface area contributed by atoms with Crippen molar-refractivity contribution in [1.82, 2.24) is 20.5 Å². The summed E-state index contributed by atoms with van der Waals surface area (Å²) in [5.74, 6) is 1.30. The molecule has 0 saturated heterocycles. The number of nitrogens with one attached hydrogen (secondary N) is 2. The molecule has 0 saturated carbocycles. The molecule has 2 aromatic rings. The van der Waals surface area contributed by atoms with Gasteiger partial charge in [-0.05, 0) is 40.5 Å². The average Bonchev–Trinajstić information content (AvgIpc) is 2.96. The van der Waals surface area contributed by atoms with Crippen molar-refractivity contribution in [3.05, 3.63) is 39.3 Å². The van der Waals surface area contributed by atoms with Crippen LogP contribution in [-0.2, 0) is 11.2 Å².